The van der Waals surface area contributed by atoms with E-state index in [1.165, 1.54) is 12.7 Å². The number of aliphatic carboxylic acids is 1. The van der Waals surface area contributed by atoms with Gasteiger partial charge in [0.2, 0.25) is 0 Å². The monoisotopic (exact) mass is 324 g/mol. The molecule has 6 nitrogen and oxygen atoms in total. The van der Waals surface area contributed by atoms with Crippen LogP contribution in [0, 0.1) is 5.92 Å². The van der Waals surface area contributed by atoms with E-state index < -0.39 is 18.1 Å². The average molecular weight is 324 g/mol. The van der Waals surface area contributed by atoms with Crippen LogP contribution in [0.4, 0.5) is 0 Å². The van der Waals surface area contributed by atoms with E-state index in [0.717, 1.165) is 6.42 Å². The van der Waals surface area contributed by atoms with E-state index in [-0.39, 0.29) is 11.9 Å². The molecular weight excluding hydrogens is 296 g/mol. The Morgan fingerprint density at radius 2 is 1.83 bits per heavy atom. The number of esters is 1. The van der Waals surface area contributed by atoms with Gasteiger partial charge in [0.1, 0.15) is 12.1 Å². The van der Waals surface area contributed by atoms with Crippen molar-refractivity contribution in [2.75, 3.05) is 14.2 Å². The first-order valence-corrected chi connectivity index (χ1v) is 7.60. The summed E-state index contributed by atoms with van der Waals surface area (Å²) in [6, 6.07) is 8.97. The molecular formula is C17H28N2O4. The molecule has 0 amide bonds. The third kappa shape index (κ3) is 8.95. The lowest BCUT2D eigenvalue weighted by atomic mass is 10.1. The highest BCUT2D eigenvalue weighted by molar-refractivity contribution is 5.75. The number of hydrogen-bond acceptors (Lipinski definition) is 5. The van der Waals surface area contributed by atoms with Crippen LogP contribution in [0.2, 0.25) is 0 Å². The maximum absolute atomic E-state index is 10.7. The van der Waals surface area contributed by atoms with E-state index >= 15 is 0 Å². The zero-order chi connectivity index (χ0) is 17.8. The Kier molecular flexibility index (Phi) is 10.7. The van der Waals surface area contributed by atoms with Gasteiger partial charge < -0.3 is 20.9 Å². The lowest BCUT2D eigenvalue weighted by Crippen LogP contribution is -2.36. The number of rotatable bonds is 7. The van der Waals surface area contributed by atoms with Crippen LogP contribution in [-0.2, 0) is 20.7 Å². The summed E-state index contributed by atoms with van der Waals surface area (Å²) in [5.74, 6) is -0.981. The van der Waals surface area contributed by atoms with Gasteiger partial charge in [0.25, 0.3) is 0 Å². The standard InChI is InChI=1S/C11H15NO2.C6H13NO2/c1-12-10(11(13)14)8-7-9-5-3-2-4-6-9;1-4(2)5(7)6(8)9-3/h2-6,10,12H,7-8H2,1H3,(H,13,14);4-5H,7H2,1-3H3/t10-;5-/m00/s1. The Hall–Kier alpha value is -1.92. The molecule has 0 fully saturated rings. The maximum atomic E-state index is 10.7. The van der Waals surface area contributed by atoms with Crippen LogP contribution in [-0.4, -0.2) is 43.3 Å². The van der Waals surface area contributed by atoms with Gasteiger partial charge in [0.05, 0.1) is 7.11 Å². The van der Waals surface area contributed by atoms with Crippen molar-refractivity contribution in [1.29, 1.82) is 0 Å². The Morgan fingerprint density at radius 1 is 1.26 bits per heavy atom. The van der Waals surface area contributed by atoms with Crippen molar-refractivity contribution >= 4 is 11.9 Å². The van der Waals surface area contributed by atoms with Crippen LogP contribution in [0.25, 0.3) is 0 Å². The molecule has 4 N–H and O–H groups in total. The van der Waals surface area contributed by atoms with Crippen molar-refractivity contribution in [2.45, 2.75) is 38.8 Å². The number of nitrogens with one attached hydrogen (secondary N) is 1. The molecule has 6 heteroatoms. The molecule has 0 bridgehead atoms. The predicted octanol–water partition coefficient (Wildman–Crippen LogP) is 1.43. The molecule has 0 saturated heterocycles. The number of carboxylic acids is 1. The summed E-state index contributed by atoms with van der Waals surface area (Å²) in [7, 11) is 3.01. The largest absolute Gasteiger partial charge is 0.480 e. The van der Waals surface area contributed by atoms with Gasteiger partial charge in [0, 0.05) is 0 Å². The van der Waals surface area contributed by atoms with Crippen LogP contribution in [0.1, 0.15) is 25.8 Å². The lowest BCUT2D eigenvalue weighted by Gasteiger charge is -2.11. The zero-order valence-corrected chi connectivity index (χ0v) is 14.3. The van der Waals surface area contributed by atoms with Gasteiger partial charge in [-0.1, -0.05) is 44.2 Å². The van der Waals surface area contributed by atoms with Crippen molar-refractivity contribution in [1.82, 2.24) is 5.32 Å². The number of aryl methyl sites for hydroxylation is 1. The second-order valence-corrected chi connectivity index (χ2v) is 5.50. The fraction of sp³-hybridized carbons (Fsp3) is 0.529. The number of carboxylic acid groups (broad SMARTS) is 1. The second kappa shape index (κ2) is 11.6. The van der Waals surface area contributed by atoms with Gasteiger partial charge in [-0.05, 0) is 31.4 Å². The number of methoxy groups -OCH3 is 1. The van der Waals surface area contributed by atoms with Crippen LogP contribution in [0.5, 0.6) is 0 Å². The van der Waals surface area contributed by atoms with Crippen LogP contribution >= 0.6 is 0 Å². The van der Waals surface area contributed by atoms with Crippen LogP contribution in [0.15, 0.2) is 30.3 Å². The molecule has 0 heterocycles. The van der Waals surface area contributed by atoms with E-state index in [1.807, 2.05) is 44.2 Å². The molecule has 0 saturated carbocycles. The number of ether oxygens (including phenoxy) is 1. The highest BCUT2D eigenvalue weighted by Crippen LogP contribution is 2.04. The Labute approximate surface area is 138 Å². The minimum Gasteiger partial charge on any atom is -0.480 e. The lowest BCUT2D eigenvalue weighted by molar-refractivity contribution is -0.143. The van der Waals surface area contributed by atoms with E-state index in [2.05, 4.69) is 10.1 Å². The number of benzene rings is 1. The summed E-state index contributed by atoms with van der Waals surface area (Å²) in [6.45, 7) is 3.75. The summed E-state index contributed by atoms with van der Waals surface area (Å²) in [5.41, 5.74) is 6.57. The Balaban J connectivity index is 0.000000468. The quantitative estimate of drug-likeness (QED) is 0.656. The normalized spacial score (nSPS) is 12.8. The molecule has 1 rings (SSSR count). The van der Waals surface area contributed by atoms with Gasteiger partial charge in [-0.15, -0.1) is 0 Å². The summed E-state index contributed by atoms with van der Waals surface area (Å²) < 4.78 is 4.41. The highest BCUT2D eigenvalue weighted by Gasteiger charge is 2.16. The van der Waals surface area contributed by atoms with Gasteiger partial charge in [-0.3, -0.25) is 9.59 Å². The molecule has 0 radical (unpaired) electrons. The molecule has 1 aromatic carbocycles. The predicted molar refractivity (Wildman–Crippen MR) is 90.1 cm³/mol. The highest BCUT2D eigenvalue weighted by atomic mass is 16.5. The van der Waals surface area contributed by atoms with E-state index in [0.29, 0.717) is 6.42 Å². The summed E-state index contributed by atoms with van der Waals surface area (Å²) >= 11 is 0. The van der Waals surface area contributed by atoms with E-state index in [9.17, 15) is 9.59 Å². The molecule has 0 aliphatic heterocycles. The third-order valence-electron chi connectivity index (χ3n) is 3.40. The average Bonchev–Trinajstić information content (AvgIpc) is 2.55. The van der Waals surface area contributed by atoms with Crippen molar-refractivity contribution in [2.24, 2.45) is 11.7 Å². The summed E-state index contributed by atoms with van der Waals surface area (Å²) in [6.07, 6.45) is 1.41. The van der Waals surface area contributed by atoms with E-state index in [4.69, 9.17) is 10.8 Å². The number of carbonyl (C=O) groups excluding carboxylic acids is 1. The second-order valence-electron chi connectivity index (χ2n) is 5.50. The summed E-state index contributed by atoms with van der Waals surface area (Å²) in [4.78, 5) is 21.3. The molecule has 0 aliphatic rings. The number of hydrogen-bond donors (Lipinski definition) is 3. The fourth-order valence-electron chi connectivity index (χ4n) is 1.76. The van der Waals surface area contributed by atoms with Crippen molar-refractivity contribution in [3.05, 3.63) is 35.9 Å². The molecule has 23 heavy (non-hydrogen) atoms. The molecule has 0 spiro atoms. The number of nitrogens with two attached hydrogens (primary N) is 1. The van der Waals surface area contributed by atoms with Crippen molar-refractivity contribution in [3.63, 3.8) is 0 Å². The van der Waals surface area contributed by atoms with Crippen molar-refractivity contribution in [3.8, 4) is 0 Å². The van der Waals surface area contributed by atoms with Gasteiger partial charge in [-0.2, -0.15) is 0 Å². The molecule has 2 atom stereocenters. The van der Waals surface area contributed by atoms with Gasteiger partial charge in [-0.25, -0.2) is 0 Å². The van der Waals surface area contributed by atoms with E-state index in [1.54, 1.807) is 7.05 Å². The molecule has 1 aromatic rings. The number of likely N-dealkylation sites (N-methyl/N-ethyl adjacent to an activating group) is 1. The minimum absolute atomic E-state index is 0.150. The molecule has 130 valence electrons. The Bertz CT molecular complexity index is 463. The number of carbonyl (C=O) groups is 2. The van der Waals surface area contributed by atoms with Gasteiger partial charge in [0.15, 0.2) is 0 Å². The minimum atomic E-state index is -0.788. The first-order valence-electron chi connectivity index (χ1n) is 7.60. The maximum Gasteiger partial charge on any atom is 0.322 e. The topological polar surface area (TPSA) is 102 Å². The smallest absolute Gasteiger partial charge is 0.322 e. The third-order valence-corrected chi connectivity index (χ3v) is 3.40. The van der Waals surface area contributed by atoms with Crippen LogP contribution < -0.4 is 11.1 Å². The first kappa shape index (κ1) is 21.1. The van der Waals surface area contributed by atoms with Gasteiger partial charge >= 0.3 is 11.9 Å². The first-order chi connectivity index (χ1) is 10.8. The Morgan fingerprint density at radius 3 is 2.17 bits per heavy atom. The fourth-order valence-corrected chi connectivity index (χ4v) is 1.76. The molecule has 0 unspecified atom stereocenters. The SMILES string of the molecule is CN[C@@H](CCc1ccccc1)C(=O)O.COC(=O)[C@@H](N)C(C)C. The van der Waals surface area contributed by atoms with Crippen LogP contribution in [0.3, 0.4) is 0 Å². The van der Waals surface area contributed by atoms with Crippen molar-refractivity contribution < 1.29 is 19.4 Å². The molecule has 0 aromatic heterocycles. The molecule has 0 aliphatic carbocycles. The zero-order valence-electron chi connectivity index (χ0n) is 14.3. The summed E-state index contributed by atoms with van der Waals surface area (Å²) in [5, 5.41) is 11.6.